The number of carbonyl (C=O) groups is 1. The lowest BCUT2D eigenvalue weighted by molar-refractivity contribution is -0.120. The van der Waals surface area contributed by atoms with Crippen LogP contribution in [0.25, 0.3) is 22.2 Å². The standard InChI is InChI=1S/C30H32ClFN4O3/c1-17-28(18(2)39-34-17)19-7-10-25-24(15-19)33-29(36(25)20-11-13-30(3,38)14-12-20)26-5-4-6-27(37)35(26)21-8-9-22(31)23(32)16-21/h7-10,15-16,20,26,38H,4-6,11-14H2,1-3H3. The molecule has 0 spiro atoms. The van der Waals surface area contributed by atoms with Crippen LogP contribution in [0, 0.1) is 19.7 Å². The summed E-state index contributed by atoms with van der Waals surface area (Å²) in [5.41, 5.74) is 4.33. The summed E-state index contributed by atoms with van der Waals surface area (Å²) in [6.07, 6.45) is 4.79. The van der Waals surface area contributed by atoms with Crippen molar-refractivity contribution >= 4 is 34.2 Å². The van der Waals surface area contributed by atoms with Crippen LogP contribution < -0.4 is 4.90 Å². The average molecular weight is 551 g/mol. The van der Waals surface area contributed by atoms with Gasteiger partial charge in [0.2, 0.25) is 5.91 Å². The van der Waals surface area contributed by atoms with Gasteiger partial charge in [-0.2, -0.15) is 0 Å². The molecule has 1 amide bonds. The van der Waals surface area contributed by atoms with Crippen LogP contribution in [0.3, 0.4) is 0 Å². The monoisotopic (exact) mass is 550 g/mol. The van der Waals surface area contributed by atoms with E-state index in [2.05, 4.69) is 27.9 Å². The molecule has 2 aliphatic rings. The van der Waals surface area contributed by atoms with Crippen LogP contribution in [-0.2, 0) is 4.79 Å². The highest BCUT2D eigenvalue weighted by Crippen LogP contribution is 2.43. The zero-order chi connectivity index (χ0) is 27.5. The topological polar surface area (TPSA) is 84.4 Å². The van der Waals surface area contributed by atoms with Crippen LogP contribution in [0.5, 0.6) is 0 Å². The summed E-state index contributed by atoms with van der Waals surface area (Å²) in [5.74, 6) is 0.915. The van der Waals surface area contributed by atoms with Gasteiger partial charge >= 0.3 is 0 Å². The summed E-state index contributed by atoms with van der Waals surface area (Å²) >= 11 is 5.97. The second-order valence-electron chi connectivity index (χ2n) is 11.2. The van der Waals surface area contributed by atoms with Crippen molar-refractivity contribution in [2.45, 2.75) is 83.4 Å². The van der Waals surface area contributed by atoms with E-state index in [-0.39, 0.29) is 23.0 Å². The number of piperidine rings is 1. The minimum absolute atomic E-state index is 0.0214. The number of imidazole rings is 1. The molecular weight excluding hydrogens is 519 g/mol. The van der Waals surface area contributed by atoms with Crippen molar-refractivity contribution in [2.24, 2.45) is 0 Å². The van der Waals surface area contributed by atoms with E-state index in [9.17, 15) is 14.3 Å². The summed E-state index contributed by atoms with van der Waals surface area (Å²) in [6.45, 7) is 5.71. The molecule has 1 atom stereocenters. The van der Waals surface area contributed by atoms with Crippen LogP contribution in [0.15, 0.2) is 40.9 Å². The van der Waals surface area contributed by atoms with Gasteiger partial charge in [0.05, 0.1) is 33.4 Å². The second-order valence-corrected chi connectivity index (χ2v) is 11.6. The quantitative estimate of drug-likeness (QED) is 0.290. The third-order valence-electron chi connectivity index (χ3n) is 8.36. The largest absolute Gasteiger partial charge is 0.390 e. The Morgan fingerprint density at radius 2 is 1.90 bits per heavy atom. The van der Waals surface area contributed by atoms with Gasteiger partial charge in [-0.05, 0) is 95.2 Å². The number of amides is 1. The molecule has 3 heterocycles. The molecular formula is C30H32ClFN4O3. The molecule has 1 N–H and O–H groups in total. The molecule has 1 saturated heterocycles. The molecule has 1 saturated carbocycles. The van der Waals surface area contributed by atoms with Gasteiger partial charge in [0.15, 0.2) is 0 Å². The SMILES string of the molecule is Cc1noc(C)c1-c1ccc2c(c1)nc(C1CCCC(=O)N1c1ccc(Cl)c(F)c1)n2C1CCC(C)(O)CC1. The predicted molar refractivity (Wildman–Crippen MR) is 148 cm³/mol. The Labute approximate surface area is 231 Å². The fraction of sp³-hybridized carbons (Fsp3) is 0.433. The first-order valence-electron chi connectivity index (χ1n) is 13.6. The van der Waals surface area contributed by atoms with Gasteiger partial charge in [-0.15, -0.1) is 0 Å². The van der Waals surface area contributed by atoms with E-state index in [1.807, 2.05) is 20.8 Å². The zero-order valence-corrected chi connectivity index (χ0v) is 23.1. The van der Waals surface area contributed by atoms with E-state index in [0.717, 1.165) is 58.7 Å². The Morgan fingerprint density at radius 1 is 1.13 bits per heavy atom. The molecule has 1 aliphatic heterocycles. The first-order valence-corrected chi connectivity index (χ1v) is 14.0. The number of hydrogen-bond donors (Lipinski definition) is 1. The smallest absolute Gasteiger partial charge is 0.227 e. The molecule has 6 rings (SSSR count). The zero-order valence-electron chi connectivity index (χ0n) is 22.4. The van der Waals surface area contributed by atoms with Crippen LogP contribution in [0.1, 0.15) is 81.2 Å². The number of benzene rings is 2. The molecule has 1 aliphatic carbocycles. The molecule has 9 heteroatoms. The van der Waals surface area contributed by atoms with Crippen molar-refractivity contribution < 1.29 is 18.8 Å². The van der Waals surface area contributed by atoms with Crippen molar-refractivity contribution in [1.82, 2.24) is 14.7 Å². The van der Waals surface area contributed by atoms with Gasteiger partial charge in [0, 0.05) is 23.7 Å². The lowest BCUT2D eigenvalue weighted by atomic mass is 9.83. The summed E-state index contributed by atoms with van der Waals surface area (Å²) in [6, 6.07) is 10.5. The van der Waals surface area contributed by atoms with Crippen molar-refractivity contribution in [3.05, 3.63) is 64.5 Å². The van der Waals surface area contributed by atoms with Gasteiger partial charge in [-0.1, -0.05) is 22.8 Å². The maximum absolute atomic E-state index is 14.5. The van der Waals surface area contributed by atoms with E-state index in [1.54, 1.807) is 11.0 Å². The molecule has 2 aromatic carbocycles. The van der Waals surface area contributed by atoms with E-state index < -0.39 is 11.4 Å². The highest BCUT2D eigenvalue weighted by atomic mass is 35.5. The molecule has 0 radical (unpaired) electrons. The number of anilines is 1. The third kappa shape index (κ3) is 4.63. The average Bonchev–Trinajstić information content (AvgIpc) is 3.44. The Hall–Kier alpha value is -3.23. The molecule has 2 fully saturated rings. The van der Waals surface area contributed by atoms with E-state index in [4.69, 9.17) is 21.1 Å². The Balaban J connectivity index is 1.51. The fourth-order valence-electron chi connectivity index (χ4n) is 6.34. The van der Waals surface area contributed by atoms with Crippen molar-refractivity contribution in [1.29, 1.82) is 0 Å². The van der Waals surface area contributed by atoms with Crippen LogP contribution in [0.2, 0.25) is 5.02 Å². The Bertz CT molecular complexity index is 1550. The van der Waals surface area contributed by atoms with Crippen LogP contribution in [0.4, 0.5) is 10.1 Å². The third-order valence-corrected chi connectivity index (χ3v) is 8.67. The number of hydrogen-bond acceptors (Lipinski definition) is 5. The molecule has 1 unspecified atom stereocenters. The Morgan fingerprint density at radius 3 is 2.59 bits per heavy atom. The van der Waals surface area contributed by atoms with Gasteiger partial charge < -0.3 is 19.1 Å². The number of fused-ring (bicyclic) bond motifs is 1. The van der Waals surface area contributed by atoms with E-state index in [1.165, 1.54) is 12.1 Å². The molecule has 4 aromatic rings. The minimum atomic E-state index is -0.683. The minimum Gasteiger partial charge on any atom is -0.390 e. The first-order chi connectivity index (χ1) is 18.6. The molecule has 2 aromatic heterocycles. The van der Waals surface area contributed by atoms with Crippen molar-refractivity contribution in [2.75, 3.05) is 4.90 Å². The lowest BCUT2D eigenvalue weighted by Crippen LogP contribution is -2.40. The number of carbonyl (C=O) groups excluding carboxylic acids is 1. The summed E-state index contributed by atoms with van der Waals surface area (Å²) < 4.78 is 22.2. The van der Waals surface area contributed by atoms with Crippen molar-refractivity contribution in [3.63, 3.8) is 0 Å². The Kier molecular flexibility index (Phi) is 6.50. The molecule has 39 heavy (non-hydrogen) atoms. The molecule has 204 valence electrons. The number of nitrogens with zero attached hydrogens (tertiary/aromatic N) is 4. The van der Waals surface area contributed by atoms with Gasteiger partial charge in [0.1, 0.15) is 17.4 Å². The summed E-state index contributed by atoms with van der Waals surface area (Å²) in [4.78, 5) is 20.2. The van der Waals surface area contributed by atoms with Crippen LogP contribution in [-0.4, -0.2) is 31.3 Å². The fourth-order valence-corrected chi connectivity index (χ4v) is 6.46. The highest BCUT2D eigenvalue weighted by Gasteiger charge is 2.37. The number of rotatable bonds is 4. The lowest BCUT2D eigenvalue weighted by Gasteiger charge is -2.38. The first kappa shape index (κ1) is 26.0. The second kappa shape index (κ2) is 9.75. The maximum Gasteiger partial charge on any atom is 0.227 e. The number of aryl methyl sites for hydroxylation is 2. The predicted octanol–water partition coefficient (Wildman–Crippen LogP) is 7.22. The summed E-state index contributed by atoms with van der Waals surface area (Å²) in [7, 11) is 0. The molecule has 7 nitrogen and oxygen atoms in total. The summed E-state index contributed by atoms with van der Waals surface area (Å²) in [5, 5.41) is 14.8. The normalized spacial score (nSPS) is 24.1. The van der Waals surface area contributed by atoms with E-state index in [0.29, 0.717) is 31.4 Å². The van der Waals surface area contributed by atoms with Crippen LogP contribution >= 0.6 is 11.6 Å². The highest BCUT2D eigenvalue weighted by molar-refractivity contribution is 6.30. The van der Waals surface area contributed by atoms with Crippen molar-refractivity contribution in [3.8, 4) is 11.1 Å². The number of halogens is 2. The number of aromatic nitrogens is 3. The van der Waals surface area contributed by atoms with Gasteiger partial charge in [-0.3, -0.25) is 4.79 Å². The number of aliphatic hydroxyl groups is 1. The van der Waals surface area contributed by atoms with E-state index >= 15 is 0 Å². The van der Waals surface area contributed by atoms with Gasteiger partial charge in [0.25, 0.3) is 0 Å². The van der Waals surface area contributed by atoms with Gasteiger partial charge in [-0.25, -0.2) is 9.37 Å². The maximum atomic E-state index is 14.5. The molecule has 0 bridgehead atoms.